The van der Waals surface area contributed by atoms with Crippen LogP contribution in [0.1, 0.15) is 5.56 Å². The molecule has 4 nitrogen and oxygen atoms in total. The Kier molecular flexibility index (Phi) is 3.90. The molecule has 0 radical (unpaired) electrons. The van der Waals surface area contributed by atoms with Crippen LogP contribution in [0.15, 0.2) is 30.3 Å². The van der Waals surface area contributed by atoms with Crippen molar-refractivity contribution in [2.24, 2.45) is 0 Å². The third-order valence-electron chi connectivity index (χ3n) is 2.52. The largest absolute Gasteiger partial charge is 0.480 e. The molecular weight excluding hydrogens is 250 g/mol. The SMILES string of the molecule is O=C(O)[C@@H]1CSCN1C(=O)C#Cc1ccccc1. The van der Waals surface area contributed by atoms with Gasteiger partial charge in [0.25, 0.3) is 5.91 Å². The Morgan fingerprint density at radius 3 is 2.72 bits per heavy atom. The number of amides is 1. The first-order valence-electron chi connectivity index (χ1n) is 5.36. The lowest BCUT2D eigenvalue weighted by atomic mass is 10.2. The fraction of sp³-hybridized carbons (Fsp3) is 0.231. The van der Waals surface area contributed by atoms with Crippen molar-refractivity contribution in [3.8, 4) is 11.8 Å². The van der Waals surface area contributed by atoms with Crippen molar-refractivity contribution in [3.05, 3.63) is 35.9 Å². The summed E-state index contributed by atoms with van der Waals surface area (Å²) in [5.41, 5.74) is 0.740. The number of thioether (sulfide) groups is 1. The number of carbonyl (C=O) groups excluding carboxylic acids is 1. The molecule has 5 heteroatoms. The Bertz CT molecular complexity index is 518. The summed E-state index contributed by atoms with van der Waals surface area (Å²) in [6.45, 7) is 0. The highest BCUT2D eigenvalue weighted by Crippen LogP contribution is 2.20. The molecule has 0 aromatic heterocycles. The van der Waals surface area contributed by atoms with E-state index in [9.17, 15) is 9.59 Å². The highest BCUT2D eigenvalue weighted by molar-refractivity contribution is 7.99. The number of carbonyl (C=O) groups is 2. The zero-order valence-corrected chi connectivity index (χ0v) is 10.3. The summed E-state index contributed by atoms with van der Waals surface area (Å²) < 4.78 is 0. The number of carboxylic acid groups (broad SMARTS) is 1. The Morgan fingerprint density at radius 1 is 1.33 bits per heavy atom. The van der Waals surface area contributed by atoms with E-state index < -0.39 is 17.9 Å². The maximum atomic E-state index is 11.8. The molecular formula is C13H11NO3S. The Labute approximate surface area is 109 Å². The van der Waals surface area contributed by atoms with E-state index in [0.29, 0.717) is 11.6 Å². The zero-order valence-electron chi connectivity index (χ0n) is 9.50. The number of rotatable bonds is 1. The number of hydrogen-bond acceptors (Lipinski definition) is 3. The van der Waals surface area contributed by atoms with Crippen LogP contribution in [0, 0.1) is 11.8 Å². The number of aliphatic carboxylic acids is 1. The molecule has 2 rings (SSSR count). The van der Waals surface area contributed by atoms with Crippen molar-refractivity contribution in [1.82, 2.24) is 4.90 Å². The minimum atomic E-state index is -0.977. The molecule has 0 bridgehead atoms. The van der Waals surface area contributed by atoms with Gasteiger partial charge in [-0.1, -0.05) is 24.1 Å². The summed E-state index contributed by atoms with van der Waals surface area (Å²) in [5.74, 6) is 4.63. The highest BCUT2D eigenvalue weighted by Gasteiger charge is 2.33. The van der Waals surface area contributed by atoms with E-state index in [1.807, 2.05) is 18.2 Å². The first-order valence-corrected chi connectivity index (χ1v) is 6.52. The monoisotopic (exact) mass is 261 g/mol. The average molecular weight is 261 g/mol. The molecule has 0 saturated carbocycles. The lowest BCUT2D eigenvalue weighted by molar-refractivity contribution is -0.145. The van der Waals surface area contributed by atoms with Crippen LogP contribution in [0.3, 0.4) is 0 Å². The van der Waals surface area contributed by atoms with E-state index in [0.717, 1.165) is 5.56 Å². The van der Waals surface area contributed by atoms with Gasteiger partial charge in [-0.15, -0.1) is 11.8 Å². The predicted molar refractivity (Wildman–Crippen MR) is 68.9 cm³/mol. The number of benzene rings is 1. The topological polar surface area (TPSA) is 57.6 Å². The van der Waals surface area contributed by atoms with Gasteiger partial charge in [0.15, 0.2) is 0 Å². The molecule has 1 heterocycles. The zero-order chi connectivity index (χ0) is 13.0. The van der Waals surface area contributed by atoms with Gasteiger partial charge in [-0.05, 0) is 12.1 Å². The number of hydrogen-bond donors (Lipinski definition) is 1. The van der Waals surface area contributed by atoms with E-state index in [2.05, 4.69) is 11.8 Å². The quantitative estimate of drug-likeness (QED) is 0.767. The van der Waals surface area contributed by atoms with Gasteiger partial charge in [0.1, 0.15) is 6.04 Å². The minimum Gasteiger partial charge on any atom is -0.480 e. The second kappa shape index (κ2) is 5.61. The normalized spacial score (nSPS) is 18.0. The van der Waals surface area contributed by atoms with Gasteiger partial charge in [0.2, 0.25) is 0 Å². The molecule has 1 fully saturated rings. The molecule has 1 aromatic carbocycles. The van der Waals surface area contributed by atoms with Crippen LogP contribution in [0.5, 0.6) is 0 Å². The molecule has 1 saturated heterocycles. The van der Waals surface area contributed by atoms with Crippen LogP contribution in [-0.4, -0.2) is 39.6 Å². The van der Waals surface area contributed by atoms with Gasteiger partial charge in [0, 0.05) is 17.2 Å². The van der Waals surface area contributed by atoms with Crippen molar-refractivity contribution >= 4 is 23.6 Å². The van der Waals surface area contributed by atoms with Crippen LogP contribution >= 0.6 is 11.8 Å². The van der Waals surface area contributed by atoms with Crippen molar-refractivity contribution < 1.29 is 14.7 Å². The molecule has 1 aliphatic rings. The van der Waals surface area contributed by atoms with Gasteiger partial charge >= 0.3 is 5.97 Å². The van der Waals surface area contributed by atoms with Gasteiger partial charge in [-0.25, -0.2) is 4.79 Å². The summed E-state index contributed by atoms with van der Waals surface area (Å²) in [5, 5.41) is 8.96. The van der Waals surface area contributed by atoms with Crippen LogP contribution in [0.25, 0.3) is 0 Å². The predicted octanol–water partition coefficient (Wildman–Crippen LogP) is 1.02. The first-order chi connectivity index (χ1) is 8.68. The van der Waals surface area contributed by atoms with E-state index in [4.69, 9.17) is 5.11 Å². The van der Waals surface area contributed by atoms with Gasteiger partial charge < -0.3 is 10.0 Å². The summed E-state index contributed by atoms with van der Waals surface area (Å²) in [6, 6.07) is 8.37. The van der Waals surface area contributed by atoms with E-state index >= 15 is 0 Å². The average Bonchev–Trinajstić information content (AvgIpc) is 2.86. The highest BCUT2D eigenvalue weighted by atomic mass is 32.2. The summed E-state index contributed by atoms with van der Waals surface area (Å²) >= 11 is 1.43. The third-order valence-corrected chi connectivity index (χ3v) is 3.53. The number of carboxylic acids is 1. The third kappa shape index (κ3) is 2.84. The molecule has 0 aliphatic carbocycles. The van der Waals surface area contributed by atoms with Crippen LogP contribution in [0.2, 0.25) is 0 Å². The van der Waals surface area contributed by atoms with Crippen molar-refractivity contribution in [1.29, 1.82) is 0 Å². The smallest absolute Gasteiger partial charge is 0.327 e. The Hall–Kier alpha value is -1.93. The van der Waals surface area contributed by atoms with Gasteiger partial charge in [0.05, 0.1) is 5.88 Å². The Balaban J connectivity index is 2.09. The van der Waals surface area contributed by atoms with Crippen molar-refractivity contribution in [3.63, 3.8) is 0 Å². The van der Waals surface area contributed by atoms with E-state index in [1.165, 1.54) is 16.7 Å². The molecule has 1 amide bonds. The van der Waals surface area contributed by atoms with Crippen molar-refractivity contribution in [2.75, 3.05) is 11.6 Å². The standard InChI is InChI=1S/C13H11NO3S/c15-12(7-6-10-4-2-1-3-5-10)14-9-18-8-11(14)13(16)17/h1-5,11H,8-9H2,(H,16,17)/t11-/m0/s1. The van der Waals surface area contributed by atoms with Gasteiger partial charge in [-0.3, -0.25) is 4.79 Å². The minimum absolute atomic E-state index is 0.388. The van der Waals surface area contributed by atoms with Gasteiger partial charge in [-0.2, -0.15) is 0 Å². The van der Waals surface area contributed by atoms with Crippen LogP contribution < -0.4 is 0 Å². The molecule has 1 aliphatic heterocycles. The summed E-state index contributed by atoms with van der Waals surface area (Å²) in [6.07, 6.45) is 0. The molecule has 1 atom stereocenters. The molecule has 92 valence electrons. The lowest BCUT2D eigenvalue weighted by Crippen LogP contribution is -2.41. The maximum Gasteiger partial charge on any atom is 0.327 e. The molecule has 0 spiro atoms. The summed E-state index contributed by atoms with van der Waals surface area (Å²) in [7, 11) is 0. The van der Waals surface area contributed by atoms with Crippen LogP contribution in [-0.2, 0) is 9.59 Å². The van der Waals surface area contributed by atoms with E-state index in [-0.39, 0.29) is 0 Å². The molecule has 1 aromatic rings. The van der Waals surface area contributed by atoms with E-state index in [1.54, 1.807) is 12.1 Å². The fourth-order valence-electron chi connectivity index (χ4n) is 1.57. The fourth-order valence-corrected chi connectivity index (χ4v) is 2.71. The maximum absolute atomic E-state index is 11.8. The Morgan fingerprint density at radius 2 is 2.06 bits per heavy atom. The molecule has 0 unspecified atom stereocenters. The van der Waals surface area contributed by atoms with Crippen molar-refractivity contribution in [2.45, 2.75) is 6.04 Å². The van der Waals surface area contributed by atoms with Crippen LogP contribution in [0.4, 0.5) is 0 Å². The molecule has 18 heavy (non-hydrogen) atoms. The second-order valence-corrected chi connectivity index (χ2v) is 4.74. The second-order valence-electron chi connectivity index (χ2n) is 3.74. The summed E-state index contributed by atoms with van der Waals surface area (Å²) in [4.78, 5) is 24.0. The first kappa shape index (κ1) is 12.5. The molecule has 1 N–H and O–H groups in total. The number of nitrogens with zero attached hydrogens (tertiary/aromatic N) is 1. The lowest BCUT2D eigenvalue weighted by Gasteiger charge is -2.16.